The lowest BCUT2D eigenvalue weighted by Gasteiger charge is -2.36. The van der Waals surface area contributed by atoms with Gasteiger partial charge in [0.15, 0.2) is 0 Å². The lowest BCUT2D eigenvalue weighted by atomic mass is 9.90. The van der Waals surface area contributed by atoms with Crippen LogP contribution in [0.2, 0.25) is 0 Å². The highest BCUT2D eigenvalue weighted by Crippen LogP contribution is 2.22. The minimum absolute atomic E-state index is 0. The molecule has 0 spiro atoms. The summed E-state index contributed by atoms with van der Waals surface area (Å²) in [5.74, 6) is 0.635. The molecule has 1 fully saturated rings. The fourth-order valence-electron chi connectivity index (χ4n) is 3.41. The van der Waals surface area contributed by atoms with Gasteiger partial charge in [0.05, 0.1) is 12.7 Å². The number of nitrogens with two attached hydrogens (primary N) is 1. The second-order valence-corrected chi connectivity index (χ2v) is 7.42. The van der Waals surface area contributed by atoms with Crippen LogP contribution in [0.4, 0.5) is 0 Å². The number of carbonyl (C=O) groups excluding carboxylic acids is 2. The van der Waals surface area contributed by atoms with Gasteiger partial charge in [-0.05, 0) is 43.7 Å². The van der Waals surface area contributed by atoms with Gasteiger partial charge in [0, 0.05) is 19.1 Å². The number of hydrogen-bond donors (Lipinski definition) is 2. The van der Waals surface area contributed by atoms with Crippen LogP contribution in [0.1, 0.15) is 44.0 Å². The zero-order valence-electron chi connectivity index (χ0n) is 16.6. The average Bonchev–Trinajstić information content (AvgIpc) is 2.65. The molecule has 0 saturated carbocycles. The molecule has 2 rings (SSSR count). The third-order valence-electron chi connectivity index (χ3n) is 5.17. The minimum atomic E-state index is -0.556. The van der Waals surface area contributed by atoms with Gasteiger partial charge in [0.1, 0.15) is 11.8 Å². The molecular weight excluding hydrogens is 366 g/mol. The van der Waals surface area contributed by atoms with E-state index in [4.69, 9.17) is 10.5 Å². The van der Waals surface area contributed by atoms with E-state index in [1.165, 1.54) is 7.11 Å². The van der Waals surface area contributed by atoms with Gasteiger partial charge in [-0.1, -0.05) is 26.0 Å². The first kappa shape index (κ1) is 23.2. The van der Waals surface area contributed by atoms with Crippen LogP contribution in [0.3, 0.4) is 0 Å². The number of para-hydroxylation sites is 1. The molecule has 1 saturated heterocycles. The van der Waals surface area contributed by atoms with E-state index < -0.39 is 6.04 Å². The first-order valence-electron chi connectivity index (χ1n) is 9.33. The Morgan fingerprint density at radius 2 is 1.78 bits per heavy atom. The second kappa shape index (κ2) is 10.5. The van der Waals surface area contributed by atoms with Crippen molar-refractivity contribution in [2.24, 2.45) is 17.6 Å². The molecule has 2 amide bonds. The third-order valence-corrected chi connectivity index (χ3v) is 5.17. The number of methoxy groups -OCH3 is 1. The lowest BCUT2D eigenvalue weighted by molar-refractivity contribution is -0.135. The van der Waals surface area contributed by atoms with Crippen LogP contribution in [0.5, 0.6) is 5.75 Å². The minimum Gasteiger partial charge on any atom is -0.496 e. The lowest BCUT2D eigenvalue weighted by Crippen LogP contribution is -2.53. The standard InChI is InChI=1S/C20H31N3O3.ClH/c1-13(2)18(20(25)23-11-9-15(10-12-23)14(3)21)22-19(24)16-7-5-6-8-17(16)26-4;/h5-8,13-15,18H,9-12,21H2,1-4H3,(H,22,24);1H. The monoisotopic (exact) mass is 397 g/mol. The molecule has 1 aromatic rings. The van der Waals surface area contributed by atoms with Gasteiger partial charge in [-0.2, -0.15) is 0 Å². The van der Waals surface area contributed by atoms with Crippen molar-refractivity contribution in [2.75, 3.05) is 20.2 Å². The number of nitrogens with one attached hydrogen (secondary N) is 1. The summed E-state index contributed by atoms with van der Waals surface area (Å²) in [6, 6.07) is 6.62. The van der Waals surface area contributed by atoms with Crippen LogP contribution in [-0.2, 0) is 4.79 Å². The van der Waals surface area contributed by atoms with Gasteiger partial charge < -0.3 is 20.7 Å². The van der Waals surface area contributed by atoms with Crippen LogP contribution in [0.25, 0.3) is 0 Å². The van der Waals surface area contributed by atoms with Crippen LogP contribution in [-0.4, -0.2) is 49.0 Å². The van der Waals surface area contributed by atoms with Crippen LogP contribution in [0, 0.1) is 11.8 Å². The van der Waals surface area contributed by atoms with Crippen molar-refractivity contribution in [3.05, 3.63) is 29.8 Å². The van der Waals surface area contributed by atoms with Gasteiger partial charge in [0.2, 0.25) is 5.91 Å². The highest BCUT2D eigenvalue weighted by atomic mass is 35.5. The number of rotatable bonds is 6. The molecule has 6 nitrogen and oxygen atoms in total. The highest BCUT2D eigenvalue weighted by molar-refractivity contribution is 5.99. The Bertz CT molecular complexity index is 629. The number of carbonyl (C=O) groups is 2. The zero-order valence-corrected chi connectivity index (χ0v) is 17.4. The Morgan fingerprint density at radius 1 is 1.19 bits per heavy atom. The molecule has 0 bridgehead atoms. The molecule has 0 aliphatic carbocycles. The normalized spacial score (nSPS) is 17.0. The van der Waals surface area contributed by atoms with E-state index in [1.807, 2.05) is 31.7 Å². The van der Waals surface area contributed by atoms with Crippen molar-refractivity contribution in [3.63, 3.8) is 0 Å². The largest absolute Gasteiger partial charge is 0.496 e. The van der Waals surface area contributed by atoms with E-state index >= 15 is 0 Å². The number of amides is 2. The summed E-state index contributed by atoms with van der Waals surface area (Å²) in [5, 5.41) is 2.90. The number of benzene rings is 1. The number of halogens is 1. The maximum absolute atomic E-state index is 13.0. The van der Waals surface area contributed by atoms with Crippen LogP contribution >= 0.6 is 12.4 Å². The first-order chi connectivity index (χ1) is 12.3. The molecule has 2 atom stereocenters. The quantitative estimate of drug-likeness (QED) is 0.772. The molecular formula is C20H32ClN3O3. The van der Waals surface area contributed by atoms with E-state index in [0.29, 0.717) is 30.3 Å². The van der Waals surface area contributed by atoms with Crippen LogP contribution in [0.15, 0.2) is 24.3 Å². The van der Waals surface area contributed by atoms with Crippen molar-refractivity contribution in [1.82, 2.24) is 10.2 Å². The van der Waals surface area contributed by atoms with Crippen molar-refractivity contribution >= 4 is 24.2 Å². The molecule has 152 valence electrons. The second-order valence-electron chi connectivity index (χ2n) is 7.42. The molecule has 0 aromatic heterocycles. The van der Waals surface area contributed by atoms with Crippen LogP contribution < -0.4 is 15.8 Å². The predicted molar refractivity (Wildman–Crippen MR) is 109 cm³/mol. The average molecular weight is 398 g/mol. The number of ether oxygens (including phenoxy) is 1. The molecule has 1 aromatic carbocycles. The maximum Gasteiger partial charge on any atom is 0.255 e. The predicted octanol–water partition coefficient (Wildman–Crippen LogP) is 2.46. The molecule has 3 N–H and O–H groups in total. The van der Waals surface area contributed by atoms with Crippen molar-refractivity contribution in [2.45, 2.75) is 45.7 Å². The summed E-state index contributed by atoms with van der Waals surface area (Å²) < 4.78 is 5.25. The maximum atomic E-state index is 13.0. The number of likely N-dealkylation sites (tertiary alicyclic amines) is 1. The molecule has 7 heteroatoms. The fraction of sp³-hybridized carbons (Fsp3) is 0.600. The van der Waals surface area contributed by atoms with Gasteiger partial charge in [0.25, 0.3) is 5.91 Å². The number of nitrogens with zero attached hydrogens (tertiary/aromatic N) is 1. The van der Waals surface area contributed by atoms with E-state index in [1.54, 1.807) is 18.2 Å². The number of hydrogen-bond acceptors (Lipinski definition) is 4. The Labute approximate surface area is 168 Å². The molecule has 2 unspecified atom stereocenters. The molecule has 27 heavy (non-hydrogen) atoms. The van der Waals surface area contributed by atoms with E-state index in [-0.39, 0.29) is 36.2 Å². The fourth-order valence-corrected chi connectivity index (χ4v) is 3.41. The molecule has 1 aliphatic rings. The summed E-state index contributed by atoms with van der Waals surface area (Å²) in [6.07, 6.45) is 1.82. The third kappa shape index (κ3) is 5.84. The topological polar surface area (TPSA) is 84.7 Å². The van der Waals surface area contributed by atoms with Gasteiger partial charge in [-0.15, -0.1) is 12.4 Å². The van der Waals surface area contributed by atoms with E-state index in [9.17, 15) is 9.59 Å². The van der Waals surface area contributed by atoms with E-state index in [0.717, 1.165) is 12.8 Å². The Kier molecular flexibility index (Phi) is 9.06. The van der Waals surface area contributed by atoms with Crippen molar-refractivity contribution in [3.8, 4) is 5.75 Å². The van der Waals surface area contributed by atoms with Gasteiger partial charge in [-0.25, -0.2) is 0 Å². The molecule has 1 aliphatic heterocycles. The highest BCUT2D eigenvalue weighted by Gasteiger charge is 2.32. The summed E-state index contributed by atoms with van der Waals surface area (Å²) >= 11 is 0. The Balaban J connectivity index is 0.00000364. The van der Waals surface area contributed by atoms with Crippen molar-refractivity contribution < 1.29 is 14.3 Å². The summed E-state index contributed by atoms with van der Waals surface area (Å²) in [4.78, 5) is 27.5. The first-order valence-corrected chi connectivity index (χ1v) is 9.33. The number of piperidine rings is 1. The van der Waals surface area contributed by atoms with Crippen molar-refractivity contribution in [1.29, 1.82) is 0 Å². The summed E-state index contributed by atoms with van der Waals surface area (Å²) in [5.41, 5.74) is 6.42. The SMILES string of the molecule is COc1ccccc1C(=O)NC(C(=O)N1CCC(C(C)N)CC1)C(C)C.Cl. The summed E-state index contributed by atoms with van der Waals surface area (Å²) in [6.45, 7) is 7.30. The Morgan fingerprint density at radius 3 is 2.30 bits per heavy atom. The molecule has 1 heterocycles. The van der Waals surface area contributed by atoms with Gasteiger partial charge in [-0.3, -0.25) is 9.59 Å². The zero-order chi connectivity index (χ0) is 19.3. The Hall–Kier alpha value is -1.79. The summed E-state index contributed by atoms with van der Waals surface area (Å²) in [7, 11) is 1.53. The van der Waals surface area contributed by atoms with Gasteiger partial charge >= 0.3 is 0 Å². The van der Waals surface area contributed by atoms with E-state index in [2.05, 4.69) is 5.32 Å². The smallest absolute Gasteiger partial charge is 0.255 e. The molecule has 0 radical (unpaired) electrons.